The molecule has 0 saturated heterocycles. The summed E-state index contributed by atoms with van der Waals surface area (Å²) in [5, 5.41) is 5.03. The van der Waals surface area contributed by atoms with Crippen molar-refractivity contribution >= 4 is 40.5 Å². The van der Waals surface area contributed by atoms with E-state index in [0.29, 0.717) is 34.0 Å². The van der Waals surface area contributed by atoms with Gasteiger partial charge in [0, 0.05) is 27.8 Å². The minimum Gasteiger partial charge on any atom is -0.497 e. The number of nitrogens with one attached hydrogen (secondary N) is 1. The molecule has 0 bridgehead atoms. The normalized spacial score (nSPS) is 10.5. The average molecular weight is 423 g/mol. The zero-order chi connectivity index (χ0) is 19.2. The Morgan fingerprint density at radius 1 is 0.889 bits per heavy atom. The lowest BCUT2D eigenvalue weighted by Crippen LogP contribution is -2.04. The second kappa shape index (κ2) is 9.23. The maximum absolute atomic E-state index is 6.37. The molecule has 0 atom stereocenters. The Hall–Kier alpha value is -2.07. The summed E-state index contributed by atoms with van der Waals surface area (Å²) in [7, 11) is 1.64. The fourth-order valence-electron chi connectivity index (χ4n) is 2.60. The first-order valence-corrected chi connectivity index (χ1v) is 9.41. The van der Waals surface area contributed by atoms with Crippen LogP contribution in [0.1, 0.15) is 11.1 Å². The van der Waals surface area contributed by atoms with E-state index in [1.165, 1.54) is 0 Å². The molecular weight excluding hydrogens is 405 g/mol. The Bertz CT molecular complexity index is 914. The highest BCUT2D eigenvalue weighted by Crippen LogP contribution is 2.34. The van der Waals surface area contributed by atoms with Crippen molar-refractivity contribution in [2.75, 3.05) is 12.4 Å². The molecule has 0 amide bonds. The predicted molar refractivity (Wildman–Crippen MR) is 113 cm³/mol. The first-order chi connectivity index (χ1) is 13.0. The van der Waals surface area contributed by atoms with Gasteiger partial charge in [-0.25, -0.2) is 0 Å². The fourth-order valence-corrected chi connectivity index (χ4v) is 3.40. The molecule has 0 heterocycles. The number of anilines is 1. The summed E-state index contributed by atoms with van der Waals surface area (Å²) in [5.41, 5.74) is 2.78. The van der Waals surface area contributed by atoms with Gasteiger partial charge < -0.3 is 14.8 Å². The van der Waals surface area contributed by atoms with Crippen LogP contribution >= 0.6 is 34.8 Å². The zero-order valence-electron chi connectivity index (χ0n) is 14.6. The molecule has 0 spiro atoms. The van der Waals surface area contributed by atoms with Crippen molar-refractivity contribution < 1.29 is 9.47 Å². The number of benzene rings is 3. The van der Waals surface area contributed by atoms with Crippen LogP contribution in [0.4, 0.5) is 5.69 Å². The van der Waals surface area contributed by atoms with Gasteiger partial charge in [0.2, 0.25) is 0 Å². The van der Waals surface area contributed by atoms with Gasteiger partial charge >= 0.3 is 0 Å². The highest BCUT2D eigenvalue weighted by molar-refractivity contribution is 6.35. The van der Waals surface area contributed by atoms with Crippen molar-refractivity contribution in [3.05, 3.63) is 86.9 Å². The molecule has 0 aliphatic heterocycles. The van der Waals surface area contributed by atoms with E-state index in [0.717, 1.165) is 22.6 Å². The van der Waals surface area contributed by atoms with Crippen LogP contribution in [0.5, 0.6) is 11.5 Å². The van der Waals surface area contributed by atoms with Crippen molar-refractivity contribution in [2.45, 2.75) is 13.2 Å². The number of hydrogen-bond donors (Lipinski definition) is 1. The van der Waals surface area contributed by atoms with Gasteiger partial charge in [0.1, 0.15) is 18.1 Å². The highest BCUT2D eigenvalue weighted by atomic mass is 35.5. The van der Waals surface area contributed by atoms with Crippen LogP contribution in [0.2, 0.25) is 15.1 Å². The lowest BCUT2D eigenvalue weighted by molar-refractivity contribution is 0.303. The van der Waals surface area contributed by atoms with Gasteiger partial charge in [-0.15, -0.1) is 0 Å². The van der Waals surface area contributed by atoms with Crippen molar-refractivity contribution in [3.63, 3.8) is 0 Å². The molecule has 27 heavy (non-hydrogen) atoms. The summed E-state index contributed by atoms with van der Waals surface area (Å²) in [4.78, 5) is 0. The van der Waals surface area contributed by atoms with E-state index in [1.807, 2.05) is 54.6 Å². The van der Waals surface area contributed by atoms with E-state index in [1.54, 1.807) is 13.2 Å². The molecule has 0 saturated carbocycles. The monoisotopic (exact) mass is 421 g/mol. The highest BCUT2D eigenvalue weighted by Gasteiger charge is 2.12. The van der Waals surface area contributed by atoms with Crippen LogP contribution in [-0.4, -0.2) is 7.11 Å². The van der Waals surface area contributed by atoms with Crippen molar-refractivity contribution in [1.29, 1.82) is 0 Å². The third kappa shape index (κ3) is 5.46. The van der Waals surface area contributed by atoms with Gasteiger partial charge in [-0.3, -0.25) is 0 Å². The number of ether oxygens (including phenoxy) is 2. The van der Waals surface area contributed by atoms with Gasteiger partial charge in [0.25, 0.3) is 0 Å². The Morgan fingerprint density at radius 3 is 2.37 bits per heavy atom. The number of rotatable bonds is 7. The number of methoxy groups -OCH3 is 1. The van der Waals surface area contributed by atoms with Gasteiger partial charge in [0.15, 0.2) is 0 Å². The molecule has 3 nitrogen and oxygen atoms in total. The summed E-state index contributed by atoms with van der Waals surface area (Å²) in [5.74, 6) is 1.40. The molecule has 140 valence electrons. The van der Waals surface area contributed by atoms with E-state index in [9.17, 15) is 0 Å². The summed E-state index contributed by atoms with van der Waals surface area (Å²) >= 11 is 18.6. The largest absolute Gasteiger partial charge is 0.497 e. The Kier molecular flexibility index (Phi) is 6.73. The average Bonchev–Trinajstić information content (AvgIpc) is 2.66. The lowest BCUT2D eigenvalue weighted by Gasteiger charge is -2.15. The standard InChI is InChI=1S/C21H18Cl3NO2/c1-26-19-7-5-18(6-8-19)25-12-15-10-17(23)11-20(24)21(15)27-13-14-3-2-4-16(22)9-14/h2-11,25H,12-13H2,1H3. The molecule has 0 radical (unpaired) electrons. The Balaban J connectivity index is 1.75. The van der Waals surface area contributed by atoms with Gasteiger partial charge in [-0.2, -0.15) is 0 Å². The predicted octanol–water partition coefficient (Wildman–Crippen LogP) is 6.85. The fraction of sp³-hybridized carbons (Fsp3) is 0.143. The van der Waals surface area contributed by atoms with Gasteiger partial charge in [-0.05, 0) is 54.1 Å². The molecule has 3 aromatic carbocycles. The van der Waals surface area contributed by atoms with Crippen molar-refractivity contribution in [3.8, 4) is 11.5 Å². The second-order valence-electron chi connectivity index (χ2n) is 5.88. The summed E-state index contributed by atoms with van der Waals surface area (Å²) in [6.45, 7) is 0.870. The van der Waals surface area contributed by atoms with Crippen LogP contribution in [-0.2, 0) is 13.2 Å². The minimum absolute atomic E-state index is 0.359. The third-order valence-corrected chi connectivity index (χ3v) is 4.66. The SMILES string of the molecule is COc1ccc(NCc2cc(Cl)cc(Cl)c2OCc2cccc(Cl)c2)cc1. The van der Waals surface area contributed by atoms with Crippen LogP contribution in [0, 0.1) is 0 Å². The first kappa shape index (κ1) is 19.7. The van der Waals surface area contributed by atoms with Crippen LogP contribution < -0.4 is 14.8 Å². The molecule has 0 aliphatic rings. The van der Waals surface area contributed by atoms with E-state index >= 15 is 0 Å². The van der Waals surface area contributed by atoms with E-state index in [2.05, 4.69) is 5.32 Å². The van der Waals surface area contributed by atoms with Crippen LogP contribution in [0.3, 0.4) is 0 Å². The first-order valence-electron chi connectivity index (χ1n) is 8.28. The molecular formula is C21H18Cl3NO2. The summed E-state index contributed by atoms with van der Waals surface area (Å²) < 4.78 is 11.2. The quantitative estimate of drug-likeness (QED) is 0.452. The van der Waals surface area contributed by atoms with Gasteiger partial charge in [-0.1, -0.05) is 46.9 Å². The topological polar surface area (TPSA) is 30.5 Å². The smallest absolute Gasteiger partial charge is 0.143 e. The maximum atomic E-state index is 6.37. The number of hydrogen-bond acceptors (Lipinski definition) is 3. The number of halogens is 3. The zero-order valence-corrected chi connectivity index (χ0v) is 16.9. The lowest BCUT2D eigenvalue weighted by atomic mass is 10.2. The summed E-state index contributed by atoms with van der Waals surface area (Å²) in [6.07, 6.45) is 0. The maximum Gasteiger partial charge on any atom is 0.143 e. The van der Waals surface area contributed by atoms with Crippen LogP contribution in [0.25, 0.3) is 0 Å². The van der Waals surface area contributed by atoms with E-state index < -0.39 is 0 Å². The summed E-state index contributed by atoms with van der Waals surface area (Å²) in [6, 6.07) is 18.7. The molecule has 6 heteroatoms. The molecule has 3 aromatic rings. The molecule has 1 N–H and O–H groups in total. The molecule has 3 rings (SSSR count). The molecule has 0 fully saturated rings. The second-order valence-corrected chi connectivity index (χ2v) is 7.16. The van der Waals surface area contributed by atoms with Crippen molar-refractivity contribution in [2.24, 2.45) is 0 Å². The molecule has 0 aromatic heterocycles. The van der Waals surface area contributed by atoms with Crippen LogP contribution in [0.15, 0.2) is 60.7 Å². The minimum atomic E-state index is 0.359. The van der Waals surface area contributed by atoms with Crippen molar-refractivity contribution in [1.82, 2.24) is 0 Å². The molecule has 0 aliphatic carbocycles. The van der Waals surface area contributed by atoms with E-state index in [4.69, 9.17) is 44.3 Å². The Labute approximate surface area is 173 Å². The van der Waals surface area contributed by atoms with Gasteiger partial charge in [0.05, 0.1) is 12.1 Å². The van der Waals surface area contributed by atoms with E-state index in [-0.39, 0.29) is 0 Å². The Morgan fingerprint density at radius 2 is 1.67 bits per heavy atom. The third-order valence-electron chi connectivity index (χ3n) is 3.93. The molecule has 0 unspecified atom stereocenters.